The van der Waals surface area contributed by atoms with Gasteiger partial charge in [-0.3, -0.25) is 4.79 Å². The van der Waals surface area contributed by atoms with Gasteiger partial charge in [0.05, 0.1) is 23.7 Å². The number of carboxylic acids is 1. The second kappa shape index (κ2) is 5.53. The van der Waals surface area contributed by atoms with Gasteiger partial charge in [0.2, 0.25) is 0 Å². The van der Waals surface area contributed by atoms with Crippen molar-refractivity contribution in [1.82, 2.24) is 0 Å². The molecule has 2 N–H and O–H groups in total. The van der Waals surface area contributed by atoms with Crippen LogP contribution in [0.25, 0.3) is 0 Å². The lowest BCUT2D eigenvalue weighted by Gasteiger charge is -2.65. The summed E-state index contributed by atoms with van der Waals surface area (Å²) in [6.45, 7) is 8.91. The van der Waals surface area contributed by atoms with Gasteiger partial charge in [0.1, 0.15) is 0 Å². The highest BCUT2D eigenvalue weighted by molar-refractivity contribution is 5.76. The molecule has 5 fully saturated rings. The number of aliphatic hydroxyl groups is 1. The van der Waals surface area contributed by atoms with Gasteiger partial charge in [0, 0.05) is 0 Å². The predicted octanol–water partition coefficient (Wildman–Crippen LogP) is 3.98. The first-order chi connectivity index (χ1) is 13.0. The van der Waals surface area contributed by atoms with Gasteiger partial charge in [0.15, 0.2) is 5.79 Å². The van der Waals surface area contributed by atoms with Crippen LogP contribution >= 0.6 is 0 Å². The first-order valence-corrected chi connectivity index (χ1v) is 11.2. The number of ether oxygens (including phenoxy) is 2. The highest BCUT2D eigenvalue weighted by Crippen LogP contribution is 2.76. The maximum Gasteiger partial charge on any atom is 0.312 e. The van der Waals surface area contributed by atoms with Crippen molar-refractivity contribution in [2.45, 2.75) is 96.6 Å². The Morgan fingerprint density at radius 2 is 1.75 bits per heavy atom. The number of fused-ring (bicyclic) bond motifs is 3. The quantitative estimate of drug-likeness (QED) is 0.706. The summed E-state index contributed by atoms with van der Waals surface area (Å²) < 4.78 is 12.5. The minimum Gasteiger partial charge on any atom is -0.481 e. The molecule has 158 valence electrons. The van der Waals surface area contributed by atoms with E-state index in [4.69, 9.17) is 9.47 Å². The molecule has 5 aliphatic rings. The number of carbonyl (C=O) groups is 1. The number of rotatable bonds is 1. The molecule has 8 atom stereocenters. The standard InChI is InChI=1S/C23H36O5/c1-19(2)27-13-23(28-19)10-9-22-12-15(23)11-14(22)5-6-16-20(22,3)8-7-17(24)21(16,4)18(25)26/h14-17,24H,5-13H2,1-4H3,(H,25,26)/t14-,15+,16+,17+,20-,21-,22-,23-/m0/s1. The zero-order valence-corrected chi connectivity index (χ0v) is 17.8. The normalized spacial score (nSPS) is 57.0. The van der Waals surface area contributed by atoms with E-state index in [9.17, 15) is 15.0 Å². The SMILES string of the molecule is CC1(C)OC[C@]2(CC[C@]34C[C@H]2C[C@@H]3CC[C@H]2[C@](C)(C(=O)O)[C@H](O)CC[C@@]24C)O1. The molecule has 4 saturated carbocycles. The molecule has 28 heavy (non-hydrogen) atoms. The first kappa shape index (κ1) is 19.3. The van der Waals surface area contributed by atoms with Crippen LogP contribution in [0, 0.1) is 34.0 Å². The van der Waals surface area contributed by atoms with E-state index in [0.29, 0.717) is 24.9 Å². The fourth-order valence-corrected chi connectivity index (χ4v) is 8.83. The van der Waals surface area contributed by atoms with Crippen LogP contribution in [0.4, 0.5) is 0 Å². The molecule has 5 heteroatoms. The zero-order valence-electron chi connectivity index (χ0n) is 17.8. The van der Waals surface area contributed by atoms with E-state index in [0.717, 1.165) is 38.5 Å². The molecule has 1 heterocycles. The summed E-state index contributed by atoms with van der Waals surface area (Å²) in [5, 5.41) is 20.8. The second-order valence-corrected chi connectivity index (χ2v) is 11.5. The van der Waals surface area contributed by atoms with Crippen LogP contribution in [0.5, 0.6) is 0 Å². The van der Waals surface area contributed by atoms with Crippen molar-refractivity contribution >= 4 is 5.97 Å². The van der Waals surface area contributed by atoms with Gasteiger partial charge in [-0.15, -0.1) is 0 Å². The van der Waals surface area contributed by atoms with E-state index < -0.39 is 23.3 Å². The third kappa shape index (κ3) is 2.11. The molecule has 0 aromatic carbocycles. The lowest BCUT2D eigenvalue weighted by Crippen LogP contribution is -2.64. The Balaban J connectivity index is 1.52. The van der Waals surface area contributed by atoms with Crippen molar-refractivity contribution in [3.05, 3.63) is 0 Å². The molecular weight excluding hydrogens is 356 g/mol. The summed E-state index contributed by atoms with van der Waals surface area (Å²) in [6, 6.07) is 0. The fraction of sp³-hybridized carbons (Fsp3) is 0.957. The number of carboxylic acid groups (broad SMARTS) is 1. The zero-order chi connectivity index (χ0) is 20.2. The molecule has 4 aliphatic carbocycles. The fourth-order valence-electron chi connectivity index (χ4n) is 8.83. The average molecular weight is 393 g/mol. The van der Waals surface area contributed by atoms with Crippen LogP contribution in [0.2, 0.25) is 0 Å². The van der Waals surface area contributed by atoms with Crippen LogP contribution < -0.4 is 0 Å². The van der Waals surface area contributed by atoms with Gasteiger partial charge in [-0.2, -0.15) is 0 Å². The maximum atomic E-state index is 12.3. The Kier molecular flexibility index (Phi) is 3.81. The molecule has 2 spiro atoms. The second-order valence-electron chi connectivity index (χ2n) is 11.5. The first-order valence-electron chi connectivity index (χ1n) is 11.2. The van der Waals surface area contributed by atoms with Gasteiger partial charge in [0.25, 0.3) is 0 Å². The Morgan fingerprint density at radius 3 is 2.39 bits per heavy atom. The molecule has 0 amide bonds. The Morgan fingerprint density at radius 1 is 1.00 bits per heavy atom. The highest BCUT2D eigenvalue weighted by atomic mass is 16.8. The molecule has 0 aromatic rings. The molecule has 5 rings (SSSR count). The van der Waals surface area contributed by atoms with E-state index in [2.05, 4.69) is 6.92 Å². The van der Waals surface area contributed by atoms with Gasteiger partial charge < -0.3 is 19.7 Å². The van der Waals surface area contributed by atoms with Crippen molar-refractivity contribution in [3.63, 3.8) is 0 Å². The van der Waals surface area contributed by atoms with Gasteiger partial charge in [-0.05, 0) is 101 Å². The summed E-state index contributed by atoms with van der Waals surface area (Å²) in [4.78, 5) is 12.3. The molecule has 0 aromatic heterocycles. The minimum atomic E-state index is -1.03. The lowest BCUT2D eigenvalue weighted by molar-refractivity contribution is -0.222. The number of hydrogen-bond acceptors (Lipinski definition) is 4. The van der Waals surface area contributed by atoms with Crippen LogP contribution in [0.15, 0.2) is 0 Å². The summed E-state index contributed by atoms with van der Waals surface area (Å²) >= 11 is 0. The Labute approximate surface area is 168 Å². The van der Waals surface area contributed by atoms with E-state index in [1.54, 1.807) is 0 Å². The number of hydrogen-bond donors (Lipinski definition) is 2. The molecule has 1 saturated heterocycles. The molecule has 1 aliphatic heterocycles. The monoisotopic (exact) mass is 392 g/mol. The van der Waals surface area contributed by atoms with Gasteiger partial charge in [-0.25, -0.2) is 0 Å². The van der Waals surface area contributed by atoms with Crippen molar-refractivity contribution in [2.75, 3.05) is 6.61 Å². The van der Waals surface area contributed by atoms with Crippen LogP contribution in [-0.4, -0.2) is 40.3 Å². The van der Waals surface area contributed by atoms with E-state index >= 15 is 0 Å². The minimum absolute atomic E-state index is 0.0202. The molecule has 0 radical (unpaired) electrons. The third-order valence-electron chi connectivity index (χ3n) is 10.3. The topological polar surface area (TPSA) is 76.0 Å². The number of aliphatic hydroxyl groups excluding tert-OH is 1. The van der Waals surface area contributed by atoms with Crippen LogP contribution in [0.3, 0.4) is 0 Å². The van der Waals surface area contributed by atoms with Crippen molar-refractivity contribution in [1.29, 1.82) is 0 Å². The highest BCUT2D eigenvalue weighted by Gasteiger charge is 2.72. The average Bonchev–Trinajstić information content (AvgIpc) is 3.12. The summed E-state index contributed by atoms with van der Waals surface area (Å²) in [5.41, 5.74) is -1.01. The lowest BCUT2D eigenvalue weighted by atomic mass is 9.39. The predicted molar refractivity (Wildman–Crippen MR) is 104 cm³/mol. The van der Waals surface area contributed by atoms with E-state index in [1.807, 2.05) is 20.8 Å². The van der Waals surface area contributed by atoms with Crippen molar-refractivity contribution in [3.8, 4) is 0 Å². The van der Waals surface area contributed by atoms with Crippen molar-refractivity contribution in [2.24, 2.45) is 34.0 Å². The molecule has 2 bridgehead atoms. The van der Waals surface area contributed by atoms with Gasteiger partial charge in [-0.1, -0.05) is 6.92 Å². The van der Waals surface area contributed by atoms with Crippen LogP contribution in [-0.2, 0) is 14.3 Å². The molecule has 5 nitrogen and oxygen atoms in total. The smallest absolute Gasteiger partial charge is 0.312 e. The molecule has 0 unspecified atom stereocenters. The summed E-state index contributed by atoms with van der Waals surface area (Å²) in [6.07, 6.45) is 7.27. The van der Waals surface area contributed by atoms with Gasteiger partial charge >= 0.3 is 5.97 Å². The summed E-state index contributed by atoms with van der Waals surface area (Å²) in [5.74, 6) is -0.115. The van der Waals surface area contributed by atoms with E-state index in [-0.39, 0.29) is 22.3 Å². The Hall–Kier alpha value is -0.650. The third-order valence-corrected chi connectivity index (χ3v) is 10.3. The van der Waals surface area contributed by atoms with Crippen LogP contribution in [0.1, 0.15) is 79.1 Å². The Bertz CT molecular complexity index is 705. The number of aliphatic carboxylic acids is 1. The molecular formula is C23H36O5. The summed E-state index contributed by atoms with van der Waals surface area (Å²) in [7, 11) is 0. The van der Waals surface area contributed by atoms with Crippen molar-refractivity contribution < 1.29 is 24.5 Å². The van der Waals surface area contributed by atoms with E-state index in [1.165, 1.54) is 6.42 Å². The maximum absolute atomic E-state index is 12.3. The largest absolute Gasteiger partial charge is 0.481 e.